The summed E-state index contributed by atoms with van der Waals surface area (Å²) in [6.45, 7) is 12.9. The normalized spacial score (nSPS) is 13.9. The molecule has 2 aromatic carbocycles. The van der Waals surface area contributed by atoms with Crippen molar-refractivity contribution in [2.45, 2.75) is 251 Å². The molecule has 2 rings (SSSR count). The van der Waals surface area contributed by atoms with Crippen LogP contribution < -0.4 is 82.3 Å². The van der Waals surface area contributed by atoms with Crippen LogP contribution in [0.3, 0.4) is 0 Å². The molecule has 0 aliphatic carbocycles. The number of amides is 7. The van der Waals surface area contributed by atoms with E-state index in [0.717, 1.165) is 104 Å². The predicted octanol–water partition coefficient (Wildman–Crippen LogP) is 4.72. The SMILES string of the molecule is Cc1cc(C)c(-c2cc(C)c(OP(=O)(O)OCCCCCCCCCCCC(=O)N(CCNC(=O)[C@H](CCCCNC(=O)[C@@H](N)CCCCN)NC(=O)[C@@H](N)CCCCN)CCNC(=O)[C@H](CCCCNC(=O)[C@@H](N)CCCCN)NC(=O)[C@@H](N)CCCCN)cc2C)c(C)c1. The number of hydrogen-bond acceptors (Lipinski definition) is 18. The van der Waals surface area contributed by atoms with E-state index in [1.54, 1.807) is 11.0 Å². The van der Waals surface area contributed by atoms with Crippen LogP contribution >= 0.6 is 7.82 Å². The second-order valence-corrected chi connectivity index (χ2v) is 27.1. The Bertz CT molecular complexity index is 2540. The lowest BCUT2D eigenvalue weighted by atomic mass is 9.90. The smallest absolute Gasteiger partial charge is 0.404 e. The highest BCUT2D eigenvalue weighted by atomic mass is 31.2. The van der Waals surface area contributed by atoms with E-state index in [0.29, 0.717) is 135 Å². The fourth-order valence-electron chi connectivity index (χ4n) is 11.4. The number of carbonyl (C=O) groups excluding carboxylic acids is 7. The summed E-state index contributed by atoms with van der Waals surface area (Å²) in [7, 11) is -4.36. The Morgan fingerprint density at radius 2 is 0.812 bits per heavy atom. The topological polar surface area (TPSA) is 459 Å². The summed E-state index contributed by atoms with van der Waals surface area (Å²) in [5, 5.41) is 17.1. The zero-order valence-corrected chi connectivity index (χ0v) is 59.8. The average Bonchev–Trinajstić information content (AvgIpc) is 0.790. The molecule has 26 nitrogen and oxygen atoms in total. The molecule has 1 unspecified atom stereocenters. The van der Waals surface area contributed by atoms with E-state index < -0.39 is 67.7 Å². The summed E-state index contributed by atoms with van der Waals surface area (Å²) in [6.07, 6.45) is 17.6. The Morgan fingerprint density at radius 3 is 1.23 bits per heavy atom. The van der Waals surface area contributed by atoms with Crippen LogP contribution in [-0.2, 0) is 42.7 Å². The maximum atomic E-state index is 14.1. The van der Waals surface area contributed by atoms with E-state index in [2.05, 4.69) is 64.8 Å². The van der Waals surface area contributed by atoms with E-state index in [4.69, 9.17) is 54.9 Å². The summed E-state index contributed by atoms with van der Waals surface area (Å²) in [5.41, 5.74) is 54.4. The molecule has 0 aliphatic heterocycles. The van der Waals surface area contributed by atoms with Gasteiger partial charge in [0, 0.05) is 45.7 Å². The van der Waals surface area contributed by atoms with Gasteiger partial charge < -0.3 is 87.2 Å². The van der Waals surface area contributed by atoms with Gasteiger partial charge in [-0.1, -0.05) is 88.3 Å². The lowest BCUT2D eigenvalue weighted by Gasteiger charge is -2.26. The number of phosphoric ester groups is 1. The maximum absolute atomic E-state index is 14.1. The minimum Gasteiger partial charge on any atom is -0.404 e. The molecule has 2 aromatic rings. The molecule has 0 spiro atoms. The fraction of sp³-hybridized carbons (Fsp3) is 0.725. The van der Waals surface area contributed by atoms with E-state index in [9.17, 15) is 43.0 Å². The summed E-state index contributed by atoms with van der Waals surface area (Å²) in [6, 6.07) is 3.08. The Morgan fingerprint density at radius 1 is 0.438 bits per heavy atom. The number of hydrogen-bond donors (Lipinski definition) is 15. The molecule has 96 heavy (non-hydrogen) atoms. The Balaban J connectivity index is 2.10. The molecule has 0 radical (unpaired) electrons. The molecular formula is C69H126N15O11P. The van der Waals surface area contributed by atoms with Gasteiger partial charge in [0.25, 0.3) is 0 Å². The zero-order chi connectivity index (χ0) is 71.3. The third-order valence-corrected chi connectivity index (χ3v) is 18.0. The molecule has 0 bridgehead atoms. The highest BCUT2D eigenvalue weighted by molar-refractivity contribution is 7.47. The molecule has 23 N–H and O–H groups in total. The summed E-state index contributed by atoms with van der Waals surface area (Å²) >= 11 is 0. The van der Waals surface area contributed by atoms with E-state index in [-0.39, 0.29) is 69.8 Å². The Kier molecular flexibility index (Phi) is 45.6. The van der Waals surface area contributed by atoms with Crippen LogP contribution in [0.2, 0.25) is 0 Å². The van der Waals surface area contributed by atoms with Crippen LogP contribution in [0.5, 0.6) is 5.75 Å². The monoisotopic (exact) mass is 1370 g/mol. The van der Waals surface area contributed by atoms with Gasteiger partial charge in [-0.25, -0.2) is 4.57 Å². The van der Waals surface area contributed by atoms with Crippen LogP contribution in [0.25, 0.3) is 11.1 Å². The van der Waals surface area contributed by atoms with E-state index in [1.807, 2.05) is 19.9 Å². The molecule has 7 amide bonds. The first-order valence-electron chi connectivity index (χ1n) is 35.6. The molecule has 0 fully saturated rings. The van der Waals surface area contributed by atoms with Crippen LogP contribution in [0.15, 0.2) is 24.3 Å². The minimum atomic E-state index is -4.36. The second-order valence-electron chi connectivity index (χ2n) is 25.8. The number of nitrogens with two attached hydrogens (primary N) is 8. The first-order chi connectivity index (χ1) is 45.9. The van der Waals surface area contributed by atoms with E-state index in [1.165, 1.54) is 5.56 Å². The number of rotatable bonds is 56. The third kappa shape index (κ3) is 36.8. The van der Waals surface area contributed by atoms with Gasteiger partial charge in [-0.15, -0.1) is 0 Å². The van der Waals surface area contributed by atoms with Crippen molar-refractivity contribution in [1.29, 1.82) is 0 Å². The summed E-state index contributed by atoms with van der Waals surface area (Å²) in [4.78, 5) is 106. The van der Waals surface area contributed by atoms with Crippen molar-refractivity contribution in [1.82, 2.24) is 36.8 Å². The van der Waals surface area contributed by atoms with Gasteiger partial charge in [0.2, 0.25) is 41.4 Å². The minimum absolute atomic E-state index is 0.0172. The summed E-state index contributed by atoms with van der Waals surface area (Å²) in [5.74, 6) is -2.35. The van der Waals surface area contributed by atoms with Crippen molar-refractivity contribution in [3.05, 3.63) is 52.1 Å². The van der Waals surface area contributed by atoms with Gasteiger partial charge in [0.05, 0.1) is 30.8 Å². The van der Waals surface area contributed by atoms with Gasteiger partial charge in [-0.05, 0) is 209 Å². The van der Waals surface area contributed by atoms with Crippen LogP contribution in [0, 0.1) is 34.6 Å². The molecule has 548 valence electrons. The first-order valence-corrected chi connectivity index (χ1v) is 37.1. The highest BCUT2D eigenvalue weighted by Gasteiger charge is 2.28. The van der Waals surface area contributed by atoms with Gasteiger partial charge in [-0.2, -0.15) is 0 Å². The number of nitrogens with one attached hydrogen (secondary N) is 6. The van der Waals surface area contributed by atoms with Crippen molar-refractivity contribution in [2.75, 3.05) is 72.1 Å². The van der Waals surface area contributed by atoms with Crippen molar-refractivity contribution in [2.24, 2.45) is 45.9 Å². The van der Waals surface area contributed by atoms with Crippen LogP contribution in [-0.4, -0.2) is 159 Å². The average molecular weight is 1370 g/mol. The Labute approximate surface area is 573 Å². The van der Waals surface area contributed by atoms with Crippen molar-refractivity contribution in [3.8, 4) is 16.9 Å². The number of nitrogens with zero attached hydrogens (tertiary/aromatic N) is 1. The third-order valence-electron chi connectivity index (χ3n) is 17.1. The number of carbonyl (C=O) groups is 7. The molecule has 0 saturated heterocycles. The Hall–Kier alpha value is -5.64. The zero-order valence-electron chi connectivity index (χ0n) is 58.9. The summed E-state index contributed by atoms with van der Waals surface area (Å²) < 4.78 is 24.0. The van der Waals surface area contributed by atoms with Crippen molar-refractivity contribution in [3.63, 3.8) is 0 Å². The second kappa shape index (κ2) is 50.7. The number of aryl methyl sites for hydroxylation is 5. The molecule has 0 heterocycles. The van der Waals surface area contributed by atoms with Gasteiger partial charge in [-0.3, -0.25) is 43.0 Å². The highest BCUT2D eigenvalue weighted by Crippen LogP contribution is 2.46. The first kappa shape index (κ1) is 86.4. The van der Waals surface area contributed by atoms with Crippen molar-refractivity contribution >= 4 is 49.2 Å². The molecular weight excluding hydrogens is 1250 g/mol. The molecule has 27 heteroatoms. The molecule has 7 atom stereocenters. The number of phosphoric acid groups is 1. The molecule has 0 saturated carbocycles. The molecule has 0 aliphatic rings. The van der Waals surface area contributed by atoms with Gasteiger partial charge in [0.15, 0.2) is 0 Å². The lowest BCUT2D eigenvalue weighted by molar-refractivity contribution is -0.133. The lowest BCUT2D eigenvalue weighted by Crippen LogP contribution is -2.53. The quantitative estimate of drug-likeness (QED) is 0.0315. The van der Waals surface area contributed by atoms with E-state index >= 15 is 0 Å². The maximum Gasteiger partial charge on any atom is 0.527 e. The standard InChI is InChI=1S/C69H126N15O11P/c1-49-45-52(4)63(53(5)46-49)54-47-51(3)61(48-50(54)2)95-96(92,93)94-44-26-12-10-8-6-7-9-11-13-33-62(85)84(42-40-80-68(90)59(82-66(88)57(76)29-16-22-36-72)31-18-24-38-78-64(86)55(74)27-14-20-34-70)43-41-81-69(91)60(83-67(89)58(77)30-17-23-37-73)32-19-25-39-79-65(87)56(75)28-15-21-35-71/h45-48,55-60H,6-44,70-77H2,1-5H3,(H,78,86)(H,79,87)(H,80,90)(H,81,91)(H,82,88)(H,83,89)(H,92,93)/t55-,56-,57-,58-,59-,60-/m0/s1. The van der Waals surface area contributed by atoms with Gasteiger partial charge in [0.1, 0.15) is 17.8 Å². The van der Waals surface area contributed by atoms with Crippen LogP contribution in [0.4, 0.5) is 0 Å². The number of unbranched alkanes of at least 4 members (excludes halogenated alkanes) is 14. The van der Waals surface area contributed by atoms with Gasteiger partial charge >= 0.3 is 7.82 Å². The fourth-order valence-corrected chi connectivity index (χ4v) is 12.2. The van der Waals surface area contributed by atoms with Crippen molar-refractivity contribution < 1.29 is 52.1 Å². The largest absolute Gasteiger partial charge is 0.527 e. The van der Waals surface area contributed by atoms with Crippen LogP contribution in [0.1, 0.15) is 208 Å². The molecule has 0 aromatic heterocycles. The number of benzene rings is 2. The predicted molar refractivity (Wildman–Crippen MR) is 382 cm³/mol.